The van der Waals surface area contributed by atoms with E-state index in [1.165, 1.54) is 0 Å². The minimum absolute atomic E-state index is 0.126. The Balaban J connectivity index is 2.44. The van der Waals surface area contributed by atoms with Gasteiger partial charge in [0.15, 0.2) is 0 Å². The molecule has 2 rings (SSSR count). The van der Waals surface area contributed by atoms with E-state index in [0.717, 1.165) is 0 Å². The monoisotopic (exact) mass is 269 g/mol. The van der Waals surface area contributed by atoms with Crippen molar-refractivity contribution in [3.63, 3.8) is 0 Å². The fourth-order valence-corrected chi connectivity index (χ4v) is 1.51. The van der Waals surface area contributed by atoms with Gasteiger partial charge < -0.3 is 14.0 Å². The number of methoxy groups -OCH3 is 1. The largest absolute Gasteiger partial charge is 0.514 e. The van der Waals surface area contributed by atoms with Crippen molar-refractivity contribution in [1.29, 1.82) is 0 Å². The molecule has 0 atom stereocenters. The molecule has 6 heteroatoms. The summed E-state index contributed by atoms with van der Waals surface area (Å²) >= 11 is 0. The third-order valence-electron chi connectivity index (χ3n) is 3.38. The zero-order valence-corrected chi connectivity index (χ0v) is 11.2. The van der Waals surface area contributed by atoms with Crippen molar-refractivity contribution in [2.45, 2.75) is 38.9 Å². The number of carbonyl (C=O) groups is 1. The molecule has 1 fully saturated rings. The second kappa shape index (κ2) is 4.61. The summed E-state index contributed by atoms with van der Waals surface area (Å²) in [5, 5.41) is 0. The van der Waals surface area contributed by atoms with Gasteiger partial charge in [0.25, 0.3) is 0 Å². The maximum Gasteiger partial charge on any atom is 0.514 e. The number of hydrogen-bond donors (Lipinski definition) is 0. The minimum atomic E-state index is -3.03. The van der Waals surface area contributed by atoms with E-state index in [9.17, 15) is 4.79 Å². The molecule has 0 unspecified atom stereocenters. The van der Waals surface area contributed by atoms with Crippen molar-refractivity contribution in [3.8, 4) is 0 Å². The molecule has 19 heavy (non-hydrogen) atoms. The van der Waals surface area contributed by atoms with Crippen LogP contribution in [-0.4, -0.2) is 36.3 Å². The van der Waals surface area contributed by atoms with Crippen molar-refractivity contribution in [1.82, 2.24) is 4.98 Å². The van der Waals surface area contributed by atoms with E-state index in [1.807, 2.05) is 0 Å². The predicted molar refractivity (Wildman–Crippen MR) is 71.3 cm³/mol. The Morgan fingerprint density at radius 1 is 1.37 bits per heavy atom. The van der Waals surface area contributed by atoms with Gasteiger partial charge in [0.2, 0.25) is 0 Å². The van der Waals surface area contributed by atoms with Gasteiger partial charge in [-0.1, -0.05) is 0 Å². The molecular formula is C13H18BNO4. The van der Waals surface area contributed by atoms with Crippen LogP contribution in [0.1, 0.15) is 46.3 Å². The number of aromatic nitrogens is 1. The SMILES string of the molecule is [2H]c1nc(B2OC(C)(C)C(C)(C)O2)c([2H])c([2H])c1C(=O)OC([2H])([2H])[2H]. The molecule has 1 aliphatic heterocycles. The zero-order valence-electron chi connectivity index (χ0n) is 17.2. The molecule has 0 amide bonds. The second-order valence-corrected chi connectivity index (χ2v) is 5.21. The smallest absolute Gasteiger partial charge is 0.465 e. The van der Waals surface area contributed by atoms with Gasteiger partial charge >= 0.3 is 13.1 Å². The molecule has 1 aliphatic rings. The summed E-state index contributed by atoms with van der Waals surface area (Å²) in [6.45, 7) is 7.17. The van der Waals surface area contributed by atoms with E-state index in [4.69, 9.17) is 17.5 Å². The molecule has 0 spiro atoms. The summed E-state index contributed by atoms with van der Waals surface area (Å²) in [7, 11) is -4.11. The lowest BCUT2D eigenvalue weighted by molar-refractivity contribution is 0.00578. The summed E-state index contributed by atoms with van der Waals surface area (Å²) in [6.07, 6.45) is -0.681. The van der Waals surface area contributed by atoms with Crippen LogP contribution >= 0.6 is 0 Å². The highest BCUT2D eigenvalue weighted by Gasteiger charge is 2.52. The highest BCUT2D eigenvalue weighted by molar-refractivity contribution is 6.61. The van der Waals surface area contributed by atoms with Gasteiger partial charge in [-0.05, 0) is 39.8 Å². The number of carbonyl (C=O) groups excluding carboxylic acids is 1. The molecular weight excluding hydrogens is 245 g/mol. The summed E-state index contributed by atoms with van der Waals surface area (Å²) in [5.74, 6) is -1.41. The highest BCUT2D eigenvalue weighted by Crippen LogP contribution is 2.36. The molecule has 0 radical (unpaired) electrons. The molecule has 102 valence electrons. The molecule has 0 N–H and O–H groups in total. The van der Waals surface area contributed by atoms with Crippen LogP contribution in [-0.2, 0) is 14.0 Å². The van der Waals surface area contributed by atoms with Crippen LogP contribution in [0, 0.1) is 0 Å². The Kier molecular flexibility index (Phi) is 1.95. The number of rotatable bonds is 2. The average Bonchev–Trinajstić information content (AvgIpc) is 2.60. The van der Waals surface area contributed by atoms with Gasteiger partial charge in [-0.25, -0.2) is 4.79 Å². The molecule has 1 aromatic rings. The van der Waals surface area contributed by atoms with Crippen molar-refractivity contribution in [2.24, 2.45) is 0 Å². The Hall–Kier alpha value is -1.40. The quantitative estimate of drug-likeness (QED) is 0.595. The molecule has 1 aromatic heterocycles. The van der Waals surface area contributed by atoms with Crippen LogP contribution in [0.3, 0.4) is 0 Å². The third-order valence-corrected chi connectivity index (χ3v) is 3.38. The van der Waals surface area contributed by atoms with Crippen molar-refractivity contribution < 1.29 is 27.1 Å². The number of pyridine rings is 1. The van der Waals surface area contributed by atoms with Crippen LogP contribution in [0.4, 0.5) is 0 Å². The van der Waals surface area contributed by atoms with E-state index >= 15 is 0 Å². The van der Waals surface area contributed by atoms with E-state index in [1.54, 1.807) is 27.7 Å². The molecule has 0 saturated carbocycles. The average molecular weight is 269 g/mol. The zero-order chi connectivity index (χ0) is 19.4. The number of hydrogen-bond acceptors (Lipinski definition) is 5. The first kappa shape index (κ1) is 8.02. The van der Waals surface area contributed by atoms with Gasteiger partial charge in [-0.3, -0.25) is 4.98 Å². The van der Waals surface area contributed by atoms with E-state index in [2.05, 4.69) is 9.72 Å². The first-order chi connectivity index (χ1) is 11.2. The molecule has 1 saturated heterocycles. The predicted octanol–water partition coefficient (Wildman–Crippen LogP) is 1.17. The summed E-state index contributed by atoms with van der Waals surface area (Å²) in [6, 6.07) is -1.16. The molecule has 5 nitrogen and oxygen atoms in total. The minimum Gasteiger partial charge on any atom is -0.465 e. The number of ether oxygens (including phenoxy) is 1. The lowest BCUT2D eigenvalue weighted by Crippen LogP contribution is -2.41. The van der Waals surface area contributed by atoms with Gasteiger partial charge in [0.05, 0.1) is 37.6 Å². The van der Waals surface area contributed by atoms with E-state index in [-0.39, 0.29) is 5.59 Å². The van der Waals surface area contributed by atoms with Gasteiger partial charge in [0, 0.05) is 6.17 Å². The van der Waals surface area contributed by atoms with Gasteiger partial charge in [0.1, 0.15) is 0 Å². The topological polar surface area (TPSA) is 57.7 Å². The molecule has 2 heterocycles. The second-order valence-electron chi connectivity index (χ2n) is 5.21. The van der Waals surface area contributed by atoms with Crippen molar-refractivity contribution in [3.05, 3.63) is 23.8 Å². The molecule has 0 bridgehead atoms. The van der Waals surface area contributed by atoms with Crippen LogP contribution in [0.15, 0.2) is 18.3 Å². The Morgan fingerprint density at radius 3 is 2.58 bits per heavy atom. The van der Waals surface area contributed by atoms with Crippen molar-refractivity contribution >= 4 is 18.7 Å². The Bertz CT molecular complexity index is 705. The van der Waals surface area contributed by atoms with Gasteiger partial charge in [-0.2, -0.15) is 0 Å². The summed E-state index contributed by atoms with van der Waals surface area (Å²) in [5.41, 5.74) is -2.25. The normalized spacial score (nSPS) is 25.6. The number of esters is 1. The Labute approximate surface area is 121 Å². The highest BCUT2D eigenvalue weighted by atomic mass is 16.7. The van der Waals surface area contributed by atoms with E-state index < -0.39 is 55.1 Å². The summed E-state index contributed by atoms with van der Waals surface area (Å²) in [4.78, 5) is 15.7. The molecule has 0 aliphatic carbocycles. The standard InChI is InChI=1S/C13H18BNO4/c1-12(2)13(3,4)19-14(18-12)10-7-6-9(8-15-10)11(16)17-5/h6-8H,1-5H3/i5D3,6D,7D,8D. The van der Waals surface area contributed by atoms with Crippen molar-refractivity contribution in [2.75, 3.05) is 7.04 Å². The lowest BCUT2D eigenvalue weighted by Gasteiger charge is -2.32. The Morgan fingerprint density at radius 2 is 2.00 bits per heavy atom. The first-order valence-electron chi connectivity index (χ1n) is 8.73. The number of nitrogens with zero attached hydrogens (tertiary/aromatic N) is 1. The van der Waals surface area contributed by atoms with Crippen LogP contribution in [0.5, 0.6) is 0 Å². The maximum absolute atomic E-state index is 11.9. The van der Waals surface area contributed by atoms with Crippen LogP contribution < -0.4 is 5.59 Å². The summed E-state index contributed by atoms with van der Waals surface area (Å²) < 4.78 is 60.3. The van der Waals surface area contributed by atoms with E-state index in [0.29, 0.717) is 0 Å². The first-order valence-corrected chi connectivity index (χ1v) is 5.73. The van der Waals surface area contributed by atoms with Gasteiger partial charge in [-0.15, -0.1) is 0 Å². The lowest BCUT2D eigenvalue weighted by atomic mass is 9.84. The molecule has 0 aromatic carbocycles. The third kappa shape index (κ3) is 2.50. The fourth-order valence-electron chi connectivity index (χ4n) is 1.51. The maximum atomic E-state index is 11.9. The van der Waals surface area contributed by atoms with Crippen LogP contribution in [0.2, 0.25) is 0 Å². The van der Waals surface area contributed by atoms with Crippen LogP contribution in [0.25, 0.3) is 0 Å². The fraction of sp³-hybridized carbons (Fsp3) is 0.538.